The fraction of sp³-hybridized carbons (Fsp3) is 0.364. The zero-order chi connectivity index (χ0) is 10.4. The molecule has 1 aromatic carbocycles. The first-order valence-electron chi connectivity index (χ1n) is 4.79. The Balaban J connectivity index is 2.59. The first kappa shape index (κ1) is 10.6. The van der Waals surface area contributed by atoms with Crippen molar-refractivity contribution in [1.29, 1.82) is 0 Å². The van der Waals surface area contributed by atoms with Crippen LogP contribution in [0, 0.1) is 0 Å². The van der Waals surface area contributed by atoms with Crippen molar-refractivity contribution < 1.29 is 9.53 Å². The molecule has 0 radical (unpaired) electrons. The fourth-order valence-corrected chi connectivity index (χ4v) is 1.05. The van der Waals surface area contributed by atoms with Crippen LogP contribution >= 0.6 is 0 Å². The molecule has 0 aromatic heterocycles. The Hall–Kier alpha value is -1.51. The van der Waals surface area contributed by atoms with Gasteiger partial charge in [0.05, 0.1) is 6.61 Å². The minimum Gasteiger partial charge on any atom is -0.494 e. The van der Waals surface area contributed by atoms with Crippen molar-refractivity contribution in [2.24, 2.45) is 0 Å². The Bertz CT molecular complexity index is 293. The van der Waals surface area contributed by atoms with Crippen molar-refractivity contribution in [3.05, 3.63) is 24.3 Å². The van der Waals surface area contributed by atoms with Crippen LogP contribution in [0.2, 0.25) is 0 Å². The van der Waals surface area contributed by atoms with Crippen LogP contribution in [-0.2, 0) is 4.79 Å². The third-order valence-corrected chi connectivity index (χ3v) is 1.77. The van der Waals surface area contributed by atoms with Gasteiger partial charge in [0.2, 0.25) is 5.91 Å². The van der Waals surface area contributed by atoms with E-state index in [4.69, 9.17) is 4.74 Å². The maximum absolute atomic E-state index is 11.0. The van der Waals surface area contributed by atoms with E-state index in [1.54, 1.807) is 0 Å². The Morgan fingerprint density at radius 3 is 2.43 bits per heavy atom. The van der Waals surface area contributed by atoms with Gasteiger partial charge >= 0.3 is 0 Å². The summed E-state index contributed by atoms with van der Waals surface area (Å²) >= 11 is 0. The molecule has 1 rings (SSSR count). The van der Waals surface area contributed by atoms with Crippen LogP contribution in [0.4, 0.5) is 5.69 Å². The number of rotatable bonds is 4. The molecule has 0 fully saturated rings. The monoisotopic (exact) mass is 193 g/mol. The van der Waals surface area contributed by atoms with E-state index in [1.807, 2.05) is 38.1 Å². The molecule has 0 bridgehead atoms. The molecular formula is C11H15NO2. The SMILES string of the molecule is CCOc1ccc(NC(=O)CC)cc1. The molecule has 3 nitrogen and oxygen atoms in total. The van der Waals surface area contributed by atoms with E-state index in [0.717, 1.165) is 11.4 Å². The third-order valence-electron chi connectivity index (χ3n) is 1.77. The lowest BCUT2D eigenvalue weighted by atomic mass is 10.3. The molecular weight excluding hydrogens is 178 g/mol. The number of anilines is 1. The standard InChI is InChI=1S/C11H15NO2/c1-3-11(13)12-9-5-7-10(8-6-9)14-4-2/h5-8H,3-4H2,1-2H3,(H,12,13). The van der Waals surface area contributed by atoms with Gasteiger partial charge in [0.15, 0.2) is 0 Å². The first-order chi connectivity index (χ1) is 6.76. The van der Waals surface area contributed by atoms with E-state index >= 15 is 0 Å². The van der Waals surface area contributed by atoms with E-state index in [-0.39, 0.29) is 5.91 Å². The van der Waals surface area contributed by atoms with Gasteiger partial charge in [-0.05, 0) is 31.2 Å². The van der Waals surface area contributed by atoms with Gasteiger partial charge in [-0.15, -0.1) is 0 Å². The number of hydrogen-bond acceptors (Lipinski definition) is 2. The second-order valence-corrected chi connectivity index (χ2v) is 2.86. The van der Waals surface area contributed by atoms with E-state index in [9.17, 15) is 4.79 Å². The van der Waals surface area contributed by atoms with Crippen LogP contribution in [0.1, 0.15) is 20.3 Å². The first-order valence-corrected chi connectivity index (χ1v) is 4.79. The lowest BCUT2D eigenvalue weighted by molar-refractivity contribution is -0.115. The normalized spacial score (nSPS) is 9.57. The van der Waals surface area contributed by atoms with Gasteiger partial charge in [0.25, 0.3) is 0 Å². The number of carbonyl (C=O) groups is 1. The van der Waals surface area contributed by atoms with Gasteiger partial charge in [0.1, 0.15) is 5.75 Å². The summed E-state index contributed by atoms with van der Waals surface area (Å²) in [6.07, 6.45) is 0.493. The third kappa shape index (κ3) is 3.09. The van der Waals surface area contributed by atoms with Crippen LogP contribution in [0.15, 0.2) is 24.3 Å². The smallest absolute Gasteiger partial charge is 0.224 e. The largest absolute Gasteiger partial charge is 0.494 e. The Kier molecular flexibility index (Phi) is 3.98. The average Bonchev–Trinajstić information content (AvgIpc) is 2.21. The Labute approximate surface area is 84.1 Å². The van der Waals surface area contributed by atoms with Crippen molar-refractivity contribution in [3.63, 3.8) is 0 Å². The number of nitrogens with one attached hydrogen (secondary N) is 1. The molecule has 1 amide bonds. The maximum Gasteiger partial charge on any atom is 0.224 e. The number of amides is 1. The molecule has 0 saturated carbocycles. The molecule has 0 heterocycles. The highest BCUT2D eigenvalue weighted by Gasteiger charge is 1.98. The van der Waals surface area contributed by atoms with Gasteiger partial charge in [-0.1, -0.05) is 6.92 Å². The van der Waals surface area contributed by atoms with Crippen molar-refractivity contribution in [3.8, 4) is 5.75 Å². The van der Waals surface area contributed by atoms with Gasteiger partial charge in [-0.2, -0.15) is 0 Å². The van der Waals surface area contributed by atoms with Crippen LogP contribution in [-0.4, -0.2) is 12.5 Å². The van der Waals surface area contributed by atoms with Gasteiger partial charge < -0.3 is 10.1 Å². The highest BCUT2D eigenvalue weighted by molar-refractivity contribution is 5.90. The molecule has 1 N–H and O–H groups in total. The highest BCUT2D eigenvalue weighted by atomic mass is 16.5. The van der Waals surface area contributed by atoms with E-state index in [1.165, 1.54) is 0 Å². The summed E-state index contributed by atoms with van der Waals surface area (Å²) in [5.41, 5.74) is 0.806. The summed E-state index contributed by atoms with van der Waals surface area (Å²) in [5, 5.41) is 2.77. The maximum atomic E-state index is 11.0. The molecule has 0 aliphatic rings. The van der Waals surface area contributed by atoms with Crippen molar-refractivity contribution in [2.75, 3.05) is 11.9 Å². The number of benzene rings is 1. The molecule has 0 aliphatic carbocycles. The van der Waals surface area contributed by atoms with Crippen LogP contribution in [0.5, 0.6) is 5.75 Å². The average molecular weight is 193 g/mol. The van der Waals surface area contributed by atoms with Crippen LogP contribution < -0.4 is 10.1 Å². The van der Waals surface area contributed by atoms with Crippen molar-refractivity contribution in [1.82, 2.24) is 0 Å². The quantitative estimate of drug-likeness (QED) is 0.797. The summed E-state index contributed by atoms with van der Waals surface area (Å²) < 4.78 is 5.28. The molecule has 76 valence electrons. The second-order valence-electron chi connectivity index (χ2n) is 2.86. The van der Waals surface area contributed by atoms with Crippen molar-refractivity contribution >= 4 is 11.6 Å². The minimum absolute atomic E-state index is 0.0224. The van der Waals surface area contributed by atoms with E-state index in [0.29, 0.717) is 13.0 Å². The number of hydrogen-bond donors (Lipinski definition) is 1. The van der Waals surface area contributed by atoms with Gasteiger partial charge in [0, 0.05) is 12.1 Å². The molecule has 0 spiro atoms. The highest BCUT2D eigenvalue weighted by Crippen LogP contribution is 2.15. The molecule has 0 atom stereocenters. The Morgan fingerprint density at radius 2 is 1.93 bits per heavy atom. The zero-order valence-electron chi connectivity index (χ0n) is 8.54. The molecule has 0 saturated heterocycles. The van der Waals surface area contributed by atoms with Gasteiger partial charge in [-0.3, -0.25) is 4.79 Å². The molecule has 3 heteroatoms. The fourth-order valence-electron chi connectivity index (χ4n) is 1.05. The Morgan fingerprint density at radius 1 is 1.29 bits per heavy atom. The lowest BCUT2D eigenvalue weighted by Crippen LogP contribution is -2.09. The summed E-state index contributed by atoms with van der Waals surface area (Å²) in [7, 11) is 0. The van der Waals surface area contributed by atoms with E-state index < -0.39 is 0 Å². The summed E-state index contributed by atoms with van der Waals surface area (Å²) in [6.45, 7) is 4.41. The number of carbonyl (C=O) groups excluding carboxylic acids is 1. The number of ether oxygens (including phenoxy) is 1. The molecule has 1 aromatic rings. The van der Waals surface area contributed by atoms with E-state index in [2.05, 4.69) is 5.32 Å². The summed E-state index contributed by atoms with van der Waals surface area (Å²) in [4.78, 5) is 11.0. The molecule has 14 heavy (non-hydrogen) atoms. The zero-order valence-corrected chi connectivity index (χ0v) is 8.54. The van der Waals surface area contributed by atoms with Crippen LogP contribution in [0.3, 0.4) is 0 Å². The summed E-state index contributed by atoms with van der Waals surface area (Å²) in [6, 6.07) is 7.35. The predicted molar refractivity (Wildman–Crippen MR) is 56.5 cm³/mol. The topological polar surface area (TPSA) is 38.3 Å². The lowest BCUT2D eigenvalue weighted by Gasteiger charge is -2.05. The van der Waals surface area contributed by atoms with Crippen LogP contribution in [0.25, 0.3) is 0 Å². The molecule has 0 aliphatic heterocycles. The molecule has 0 unspecified atom stereocenters. The second kappa shape index (κ2) is 5.27. The summed E-state index contributed by atoms with van der Waals surface area (Å²) in [5.74, 6) is 0.844. The minimum atomic E-state index is 0.0224. The van der Waals surface area contributed by atoms with Crippen molar-refractivity contribution in [2.45, 2.75) is 20.3 Å². The predicted octanol–water partition coefficient (Wildman–Crippen LogP) is 2.43. The van der Waals surface area contributed by atoms with Gasteiger partial charge in [-0.25, -0.2) is 0 Å².